The molecule has 6 heteroatoms. The topological polar surface area (TPSA) is 78.9 Å². The Labute approximate surface area is 512 Å². The van der Waals surface area contributed by atoms with Gasteiger partial charge >= 0.3 is 17.9 Å². The molecule has 1 atom stereocenters. The second-order valence-corrected chi connectivity index (χ2v) is 22.3. The molecular formula is C77H126O6. The summed E-state index contributed by atoms with van der Waals surface area (Å²) in [5.41, 5.74) is 0. The van der Waals surface area contributed by atoms with Gasteiger partial charge in [-0.25, -0.2) is 0 Å². The van der Waals surface area contributed by atoms with Crippen LogP contribution >= 0.6 is 0 Å². The molecule has 0 fully saturated rings. The number of allylic oxidation sites excluding steroid dienone is 24. The molecule has 0 amide bonds. The van der Waals surface area contributed by atoms with E-state index in [-0.39, 0.29) is 31.1 Å². The Bertz CT molecular complexity index is 1800. The highest BCUT2D eigenvalue weighted by Crippen LogP contribution is 2.16. The largest absolute Gasteiger partial charge is 0.462 e. The molecule has 0 aromatic carbocycles. The van der Waals surface area contributed by atoms with Crippen LogP contribution in [-0.4, -0.2) is 37.2 Å². The quantitative estimate of drug-likeness (QED) is 0.0261. The van der Waals surface area contributed by atoms with Gasteiger partial charge in [-0.3, -0.25) is 14.4 Å². The summed E-state index contributed by atoms with van der Waals surface area (Å²) in [7, 11) is 0. The zero-order valence-corrected chi connectivity index (χ0v) is 53.9. The highest BCUT2D eigenvalue weighted by molar-refractivity contribution is 5.71. The Morgan fingerprint density at radius 2 is 0.470 bits per heavy atom. The minimum Gasteiger partial charge on any atom is -0.462 e. The van der Waals surface area contributed by atoms with Crippen molar-refractivity contribution in [2.75, 3.05) is 13.2 Å². The molecule has 0 spiro atoms. The summed E-state index contributed by atoms with van der Waals surface area (Å²) in [6, 6.07) is 0. The zero-order valence-electron chi connectivity index (χ0n) is 53.9. The standard InChI is InChI=1S/C77H126O6/c1-4-7-10-13-16-19-22-24-26-28-30-32-33-34-35-36-37-38-39-40-41-42-43-45-46-48-50-52-55-58-61-64-67-70-76(79)82-73-74(72-81-75(78)69-66-63-60-57-54-21-18-15-12-9-6-3)83-77(80)71-68-65-62-59-56-53-51-49-47-44-31-29-27-25-23-20-17-14-11-8-5-2/h7-8,10-11,16-17,19-20,24-27,30-32,34-35,37-38,40-41,44,49,51,74H,4-6,9,12-15,18,21-23,28-29,33,36,39,42-43,45-48,50,52-73H2,1-3H3/b10-7-,11-8-,19-16-,20-17-,26-24-,27-25-,32-30-,35-34-,38-37-,41-40-,44-31-,51-49-. The third-order valence-electron chi connectivity index (χ3n) is 14.3. The number of hydrogen-bond acceptors (Lipinski definition) is 6. The smallest absolute Gasteiger partial charge is 0.306 e. The number of unbranched alkanes of at least 4 members (excludes halogenated alkanes) is 26. The third-order valence-corrected chi connectivity index (χ3v) is 14.3. The second-order valence-electron chi connectivity index (χ2n) is 22.3. The van der Waals surface area contributed by atoms with E-state index >= 15 is 0 Å². The van der Waals surface area contributed by atoms with Crippen LogP contribution in [0.1, 0.15) is 303 Å². The summed E-state index contributed by atoms with van der Waals surface area (Å²) < 4.78 is 16.9. The molecule has 0 aromatic rings. The molecule has 0 rings (SSSR count). The molecule has 0 aliphatic rings. The van der Waals surface area contributed by atoms with E-state index in [0.29, 0.717) is 19.3 Å². The highest BCUT2D eigenvalue weighted by atomic mass is 16.6. The number of ether oxygens (including phenoxy) is 3. The number of hydrogen-bond donors (Lipinski definition) is 0. The first-order valence-electron chi connectivity index (χ1n) is 34.3. The molecule has 0 aliphatic heterocycles. The molecule has 0 radical (unpaired) electrons. The number of carbonyl (C=O) groups is 3. The van der Waals surface area contributed by atoms with Crippen LogP contribution in [0.2, 0.25) is 0 Å². The van der Waals surface area contributed by atoms with Crippen molar-refractivity contribution in [2.45, 2.75) is 309 Å². The summed E-state index contributed by atoms with van der Waals surface area (Å²) in [5, 5.41) is 0. The Morgan fingerprint density at radius 1 is 0.253 bits per heavy atom. The first kappa shape index (κ1) is 78.3. The van der Waals surface area contributed by atoms with Crippen molar-refractivity contribution >= 4 is 17.9 Å². The van der Waals surface area contributed by atoms with Crippen LogP contribution in [0.4, 0.5) is 0 Å². The number of esters is 3. The second kappa shape index (κ2) is 69.8. The maximum Gasteiger partial charge on any atom is 0.306 e. The highest BCUT2D eigenvalue weighted by Gasteiger charge is 2.19. The minimum atomic E-state index is -0.794. The van der Waals surface area contributed by atoms with E-state index in [1.165, 1.54) is 109 Å². The molecule has 0 N–H and O–H groups in total. The molecule has 83 heavy (non-hydrogen) atoms. The fraction of sp³-hybridized carbons (Fsp3) is 0.649. The number of carbonyl (C=O) groups excluding carboxylic acids is 3. The molecule has 6 nitrogen and oxygen atoms in total. The fourth-order valence-electron chi connectivity index (χ4n) is 9.27. The van der Waals surface area contributed by atoms with E-state index in [1.807, 2.05) is 0 Å². The van der Waals surface area contributed by atoms with E-state index in [2.05, 4.69) is 167 Å². The Morgan fingerprint density at radius 3 is 0.735 bits per heavy atom. The van der Waals surface area contributed by atoms with Crippen LogP contribution in [0.15, 0.2) is 146 Å². The predicted octanol–water partition coefficient (Wildman–Crippen LogP) is 23.9. The van der Waals surface area contributed by atoms with Crippen molar-refractivity contribution in [1.29, 1.82) is 0 Å². The lowest BCUT2D eigenvalue weighted by molar-refractivity contribution is -0.167. The SMILES string of the molecule is CC/C=C\C/C=C\C/C=C\C/C=C\C/C=C\C/C=C\C/C=C\CCCCCCCCCCCCCC(=O)OCC(COC(=O)CCCCCCCCCCCCC)OC(=O)CCCCCCC/C=C\C/C=C\C/C=C\C/C=C\C/C=C\CC. The molecule has 0 aromatic heterocycles. The van der Waals surface area contributed by atoms with Gasteiger partial charge in [0, 0.05) is 19.3 Å². The molecule has 0 saturated carbocycles. The first-order valence-corrected chi connectivity index (χ1v) is 34.3. The average molecular weight is 1150 g/mol. The monoisotopic (exact) mass is 1150 g/mol. The maximum absolute atomic E-state index is 12.9. The lowest BCUT2D eigenvalue weighted by Crippen LogP contribution is -2.30. The van der Waals surface area contributed by atoms with Crippen molar-refractivity contribution in [3.63, 3.8) is 0 Å². The zero-order chi connectivity index (χ0) is 59.9. The summed E-state index contributed by atoms with van der Waals surface area (Å²) in [6.45, 7) is 6.40. The predicted molar refractivity (Wildman–Crippen MR) is 362 cm³/mol. The lowest BCUT2D eigenvalue weighted by Gasteiger charge is -2.18. The van der Waals surface area contributed by atoms with Gasteiger partial charge in [-0.2, -0.15) is 0 Å². The van der Waals surface area contributed by atoms with Gasteiger partial charge in [0.25, 0.3) is 0 Å². The van der Waals surface area contributed by atoms with Crippen molar-refractivity contribution < 1.29 is 28.6 Å². The lowest BCUT2D eigenvalue weighted by atomic mass is 10.0. The average Bonchev–Trinajstić information content (AvgIpc) is 3.48. The van der Waals surface area contributed by atoms with Crippen molar-refractivity contribution in [2.24, 2.45) is 0 Å². The summed E-state index contributed by atoms with van der Waals surface area (Å²) >= 11 is 0. The Hall–Kier alpha value is -4.71. The van der Waals surface area contributed by atoms with Gasteiger partial charge in [-0.1, -0.05) is 308 Å². The normalized spacial score (nSPS) is 13.0. The minimum absolute atomic E-state index is 0.0880. The molecule has 1 unspecified atom stereocenters. The van der Waals surface area contributed by atoms with E-state index < -0.39 is 6.10 Å². The van der Waals surface area contributed by atoms with E-state index in [4.69, 9.17) is 14.2 Å². The van der Waals surface area contributed by atoms with E-state index in [0.717, 1.165) is 154 Å². The first-order chi connectivity index (χ1) is 41.0. The van der Waals surface area contributed by atoms with Crippen molar-refractivity contribution in [3.8, 4) is 0 Å². The Balaban J connectivity index is 4.27. The van der Waals surface area contributed by atoms with E-state index in [9.17, 15) is 14.4 Å². The maximum atomic E-state index is 12.9. The third kappa shape index (κ3) is 68.0. The molecule has 0 bridgehead atoms. The molecule has 0 aliphatic carbocycles. The molecule has 470 valence electrons. The van der Waals surface area contributed by atoms with Crippen LogP contribution in [0.3, 0.4) is 0 Å². The van der Waals surface area contributed by atoms with Crippen LogP contribution in [-0.2, 0) is 28.6 Å². The fourth-order valence-corrected chi connectivity index (χ4v) is 9.27. The van der Waals surface area contributed by atoms with Gasteiger partial charge in [0.1, 0.15) is 13.2 Å². The van der Waals surface area contributed by atoms with Crippen LogP contribution in [0.25, 0.3) is 0 Å². The van der Waals surface area contributed by atoms with Crippen LogP contribution in [0.5, 0.6) is 0 Å². The van der Waals surface area contributed by atoms with Gasteiger partial charge < -0.3 is 14.2 Å². The van der Waals surface area contributed by atoms with Crippen molar-refractivity contribution in [3.05, 3.63) is 146 Å². The van der Waals surface area contributed by atoms with Gasteiger partial charge in [0.15, 0.2) is 6.10 Å². The number of rotatable bonds is 61. The molecular weight excluding hydrogens is 1020 g/mol. The summed E-state index contributed by atoms with van der Waals surface area (Å²) in [5.74, 6) is -0.906. The van der Waals surface area contributed by atoms with Crippen LogP contribution in [0, 0.1) is 0 Å². The molecule has 0 heterocycles. The van der Waals surface area contributed by atoms with Gasteiger partial charge in [0.05, 0.1) is 0 Å². The van der Waals surface area contributed by atoms with Gasteiger partial charge in [-0.05, 0) is 122 Å². The van der Waals surface area contributed by atoms with Gasteiger partial charge in [-0.15, -0.1) is 0 Å². The van der Waals surface area contributed by atoms with Crippen molar-refractivity contribution in [1.82, 2.24) is 0 Å². The summed E-state index contributed by atoms with van der Waals surface area (Å²) in [6.07, 6.45) is 100. The Kier molecular flexibility index (Phi) is 65.8. The van der Waals surface area contributed by atoms with Gasteiger partial charge in [0.2, 0.25) is 0 Å². The van der Waals surface area contributed by atoms with Crippen LogP contribution < -0.4 is 0 Å². The van der Waals surface area contributed by atoms with E-state index in [1.54, 1.807) is 0 Å². The molecule has 0 saturated heterocycles. The summed E-state index contributed by atoms with van der Waals surface area (Å²) in [4.78, 5) is 38.3.